The highest BCUT2D eigenvalue weighted by atomic mass is 16.3. The number of phenolic OH excluding ortho intramolecular Hbond substituents is 1. The molecule has 110 valence electrons. The number of aromatic hydroxyl groups is 1. The van der Waals surface area contributed by atoms with Crippen molar-refractivity contribution in [2.75, 3.05) is 25.5 Å². The van der Waals surface area contributed by atoms with Crippen molar-refractivity contribution in [1.29, 1.82) is 0 Å². The molecule has 0 spiro atoms. The molecule has 0 bridgehead atoms. The lowest BCUT2D eigenvalue weighted by Gasteiger charge is -2.15. The van der Waals surface area contributed by atoms with Gasteiger partial charge in [0.05, 0.1) is 6.61 Å². The van der Waals surface area contributed by atoms with E-state index in [0.717, 1.165) is 4.90 Å². The van der Waals surface area contributed by atoms with Crippen LogP contribution in [0.2, 0.25) is 0 Å². The molecule has 0 saturated heterocycles. The van der Waals surface area contributed by atoms with E-state index in [2.05, 4.69) is 5.32 Å². The van der Waals surface area contributed by atoms with Gasteiger partial charge >= 0.3 is 11.8 Å². The Bertz CT molecular complexity index is 684. The maximum Gasteiger partial charge on any atom is 0.313 e. The maximum atomic E-state index is 11.9. The van der Waals surface area contributed by atoms with Crippen molar-refractivity contribution in [3.63, 3.8) is 0 Å². The number of anilines is 1. The van der Waals surface area contributed by atoms with Crippen molar-refractivity contribution >= 4 is 28.3 Å². The van der Waals surface area contributed by atoms with Gasteiger partial charge in [0, 0.05) is 30.1 Å². The first kappa shape index (κ1) is 14.8. The van der Waals surface area contributed by atoms with Gasteiger partial charge in [0.1, 0.15) is 5.75 Å². The van der Waals surface area contributed by atoms with Crippen molar-refractivity contribution in [1.82, 2.24) is 4.90 Å². The van der Waals surface area contributed by atoms with E-state index in [1.807, 2.05) is 0 Å². The largest absolute Gasteiger partial charge is 0.507 e. The normalized spacial score (nSPS) is 10.4. The van der Waals surface area contributed by atoms with E-state index in [4.69, 9.17) is 5.11 Å². The molecule has 0 unspecified atom stereocenters. The molecule has 3 N–H and O–H groups in total. The van der Waals surface area contributed by atoms with Gasteiger partial charge in [-0.1, -0.05) is 24.3 Å². The van der Waals surface area contributed by atoms with Gasteiger partial charge in [-0.25, -0.2) is 0 Å². The number of amides is 2. The first-order valence-electron chi connectivity index (χ1n) is 6.42. The van der Waals surface area contributed by atoms with E-state index < -0.39 is 11.8 Å². The minimum absolute atomic E-state index is 0.0859. The fourth-order valence-electron chi connectivity index (χ4n) is 2.00. The molecule has 0 aliphatic rings. The summed E-state index contributed by atoms with van der Waals surface area (Å²) in [6.45, 7) is -0.125. The monoisotopic (exact) mass is 288 g/mol. The molecule has 2 amide bonds. The summed E-state index contributed by atoms with van der Waals surface area (Å²) in [4.78, 5) is 24.8. The van der Waals surface area contributed by atoms with Crippen LogP contribution >= 0.6 is 0 Å². The Morgan fingerprint density at radius 2 is 1.81 bits per heavy atom. The highest BCUT2D eigenvalue weighted by molar-refractivity contribution is 6.40. The Morgan fingerprint density at radius 1 is 1.14 bits per heavy atom. The zero-order chi connectivity index (χ0) is 15.4. The summed E-state index contributed by atoms with van der Waals surface area (Å²) in [5, 5.41) is 22.3. The smallest absolute Gasteiger partial charge is 0.313 e. The van der Waals surface area contributed by atoms with Crippen LogP contribution in [0.1, 0.15) is 0 Å². The molecular formula is C15H16N2O4. The second kappa shape index (κ2) is 6.23. The number of hydrogen-bond donors (Lipinski definition) is 3. The average Bonchev–Trinajstić information content (AvgIpc) is 2.47. The predicted octanol–water partition coefficient (Wildman–Crippen LogP) is 0.935. The number of nitrogens with one attached hydrogen (secondary N) is 1. The topological polar surface area (TPSA) is 89.9 Å². The minimum Gasteiger partial charge on any atom is -0.507 e. The third kappa shape index (κ3) is 3.11. The van der Waals surface area contributed by atoms with Crippen LogP contribution in [0.15, 0.2) is 36.4 Å². The van der Waals surface area contributed by atoms with Gasteiger partial charge in [-0.15, -0.1) is 0 Å². The quantitative estimate of drug-likeness (QED) is 0.733. The van der Waals surface area contributed by atoms with Crippen LogP contribution in [0.25, 0.3) is 10.8 Å². The van der Waals surface area contributed by atoms with Gasteiger partial charge in [0.25, 0.3) is 0 Å². The summed E-state index contributed by atoms with van der Waals surface area (Å²) >= 11 is 0. The fraction of sp³-hybridized carbons (Fsp3) is 0.200. The molecule has 0 aliphatic carbocycles. The van der Waals surface area contributed by atoms with E-state index in [1.165, 1.54) is 7.05 Å². The first-order chi connectivity index (χ1) is 10.0. The SMILES string of the molecule is CN(CCO)C(=O)C(=O)Nc1cccc2c(O)cccc12. The maximum absolute atomic E-state index is 11.9. The van der Waals surface area contributed by atoms with Crippen LogP contribution in [-0.2, 0) is 9.59 Å². The lowest BCUT2D eigenvalue weighted by Crippen LogP contribution is -2.38. The molecule has 6 heteroatoms. The number of rotatable bonds is 3. The Hall–Kier alpha value is -2.60. The summed E-state index contributed by atoms with van der Waals surface area (Å²) in [6.07, 6.45) is 0. The number of hydrogen-bond acceptors (Lipinski definition) is 4. The second-order valence-corrected chi connectivity index (χ2v) is 4.58. The zero-order valence-corrected chi connectivity index (χ0v) is 11.5. The number of phenols is 1. The molecule has 21 heavy (non-hydrogen) atoms. The molecule has 0 radical (unpaired) electrons. The second-order valence-electron chi connectivity index (χ2n) is 4.58. The zero-order valence-electron chi connectivity index (χ0n) is 11.5. The molecule has 0 atom stereocenters. The van der Waals surface area contributed by atoms with Crippen LogP contribution in [0.3, 0.4) is 0 Å². The van der Waals surface area contributed by atoms with Crippen LogP contribution < -0.4 is 5.32 Å². The number of aliphatic hydroxyl groups is 1. The molecule has 2 aromatic carbocycles. The van der Waals surface area contributed by atoms with Crippen molar-refractivity contribution < 1.29 is 19.8 Å². The lowest BCUT2D eigenvalue weighted by atomic mass is 10.1. The van der Waals surface area contributed by atoms with Crippen molar-refractivity contribution in [2.45, 2.75) is 0 Å². The van der Waals surface area contributed by atoms with Crippen molar-refractivity contribution in [2.24, 2.45) is 0 Å². The molecular weight excluding hydrogens is 272 g/mol. The van der Waals surface area contributed by atoms with Gasteiger partial charge in [0.2, 0.25) is 0 Å². The van der Waals surface area contributed by atoms with E-state index in [1.54, 1.807) is 36.4 Å². The number of likely N-dealkylation sites (N-methyl/N-ethyl adjacent to an activating group) is 1. The van der Waals surface area contributed by atoms with Crippen LogP contribution in [-0.4, -0.2) is 47.1 Å². The van der Waals surface area contributed by atoms with Gasteiger partial charge in [-0.05, 0) is 12.1 Å². The number of aliphatic hydroxyl groups excluding tert-OH is 1. The molecule has 2 aromatic rings. The van der Waals surface area contributed by atoms with Crippen molar-refractivity contribution in [3.8, 4) is 5.75 Å². The molecule has 0 saturated carbocycles. The number of carbonyl (C=O) groups is 2. The van der Waals surface area contributed by atoms with Crippen LogP contribution in [0, 0.1) is 0 Å². The Morgan fingerprint density at radius 3 is 2.52 bits per heavy atom. The summed E-state index contributed by atoms with van der Waals surface area (Å²) < 4.78 is 0. The van der Waals surface area contributed by atoms with Gasteiger partial charge in [-0.2, -0.15) is 0 Å². The number of benzene rings is 2. The fourth-order valence-corrected chi connectivity index (χ4v) is 2.00. The number of fused-ring (bicyclic) bond motifs is 1. The van der Waals surface area contributed by atoms with E-state index in [0.29, 0.717) is 16.5 Å². The third-order valence-corrected chi connectivity index (χ3v) is 3.12. The Labute approximate surface area is 121 Å². The summed E-state index contributed by atoms with van der Waals surface area (Å²) in [5.74, 6) is -1.42. The van der Waals surface area contributed by atoms with Gasteiger partial charge in [-0.3, -0.25) is 9.59 Å². The molecule has 0 aromatic heterocycles. The first-order valence-corrected chi connectivity index (χ1v) is 6.42. The number of carbonyl (C=O) groups excluding carboxylic acids is 2. The van der Waals surface area contributed by atoms with E-state index in [9.17, 15) is 14.7 Å². The number of nitrogens with zero attached hydrogens (tertiary/aromatic N) is 1. The summed E-state index contributed by atoms with van der Waals surface area (Å²) in [6, 6.07) is 10.0. The highest BCUT2D eigenvalue weighted by Gasteiger charge is 2.19. The van der Waals surface area contributed by atoms with Crippen molar-refractivity contribution in [3.05, 3.63) is 36.4 Å². The standard InChI is InChI=1S/C15H16N2O4/c1-17(8-9-18)15(21)14(20)16-12-6-2-5-11-10(12)4-3-7-13(11)19/h2-7,18-19H,8-9H2,1H3,(H,16,20). The predicted molar refractivity (Wildman–Crippen MR) is 79.0 cm³/mol. The summed E-state index contributed by atoms with van der Waals surface area (Å²) in [5.41, 5.74) is 0.444. The molecule has 0 aliphatic heterocycles. The van der Waals surface area contributed by atoms with Gasteiger partial charge < -0.3 is 20.4 Å². The van der Waals surface area contributed by atoms with E-state index >= 15 is 0 Å². The molecule has 6 nitrogen and oxygen atoms in total. The van der Waals surface area contributed by atoms with Gasteiger partial charge in [0.15, 0.2) is 0 Å². The molecule has 0 heterocycles. The third-order valence-electron chi connectivity index (χ3n) is 3.12. The lowest BCUT2D eigenvalue weighted by molar-refractivity contribution is -0.142. The Balaban J connectivity index is 2.26. The average molecular weight is 288 g/mol. The van der Waals surface area contributed by atoms with Crippen LogP contribution in [0.5, 0.6) is 5.75 Å². The highest BCUT2D eigenvalue weighted by Crippen LogP contribution is 2.29. The van der Waals surface area contributed by atoms with Crippen LogP contribution in [0.4, 0.5) is 5.69 Å². The Kier molecular flexibility index (Phi) is 4.39. The summed E-state index contributed by atoms with van der Waals surface area (Å²) in [7, 11) is 1.44. The minimum atomic E-state index is -0.790. The molecule has 0 fully saturated rings. The van der Waals surface area contributed by atoms with E-state index in [-0.39, 0.29) is 18.9 Å². The molecule has 2 rings (SSSR count).